The van der Waals surface area contributed by atoms with Gasteiger partial charge in [0.1, 0.15) is 12.1 Å². The summed E-state index contributed by atoms with van der Waals surface area (Å²) in [6, 6.07) is 6.52. The summed E-state index contributed by atoms with van der Waals surface area (Å²) in [5, 5.41) is 11.1. The van der Waals surface area contributed by atoms with Gasteiger partial charge in [-0.1, -0.05) is 30.8 Å². The van der Waals surface area contributed by atoms with E-state index in [1.807, 2.05) is 13.8 Å². The van der Waals surface area contributed by atoms with Gasteiger partial charge < -0.3 is 5.32 Å². The van der Waals surface area contributed by atoms with Gasteiger partial charge in [-0.15, -0.1) is 10.2 Å². The predicted molar refractivity (Wildman–Crippen MR) is 79.9 cm³/mol. The zero-order valence-electron chi connectivity index (χ0n) is 11.9. The van der Waals surface area contributed by atoms with Gasteiger partial charge in [0.2, 0.25) is 5.91 Å². The van der Waals surface area contributed by atoms with Crippen LogP contribution in [0.1, 0.15) is 20.3 Å². The highest BCUT2D eigenvalue weighted by Crippen LogP contribution is 2.21. The van der Waals surface area contributed by atoms with Gasteiger partial charge in [-0.2, -0.15) is 0 Å². The fourth-order valence-corrected chi connectivity index (χ4v) is 2.42. The van der Waals surface area contributed by atoms with Crippen LogP contribution < -0.4 is 5.32 Å². The van der Waals surface area contributed by atoms with Gasteiger partial charge in [0.25, 0.3) is 0 Å². The van der Waals surface area contributed by atoms with E-state index in [2.05, 4.69) is 15.5 Å². The fraction of sp³-hybridized carbons (Fsp3) is 0.357. The van der Waals surface area contributed by atoms with E-state index in [-0.39, 0.29) is 23.5 Å². The molecule has 2 rings (SSSR count). The molecule has 0 saturated carbocycles. The Bertz CT molecular complexity index is 617. The Hall–Kier alpha value is -1.89. The average molecular weight is 308 g/mol. The second kappa shape index (κ2) is 7.21. The molecule has 1 amide bonds. The van der Waals surface area contributed by atoms with Gasteiger partial charge in [-0.25, -0.2) is 4.39 Å². The summed E-state index contributed by atoms with van der Waals surface area (Å²) in [6.07, 6.45) is 2.31. The van der Waals surface area contributed by atoms with E-state index < -0.39 is 0 Å². The van der Waals surface area contributed by atoms with Crippen molar-refractivity contribution in [2.45, 2.75) is 31.5 Å². The third kappa shape index (κ3) is 4.04. The Morgan fingerprint density at radius 1 is 1.48 bits per heavy atom. The normalized spacial score (nSPS) is 12.1. The highest BCUT2D eigenvalue weighted by Gasteiger charge is 2.13. The molecule has 0 aliphatic carbocycles. The van der Waals surface area contributed by atoms with Crippen molar-refractivity contribution in [3.05, 3.63) is 36.4 Å². The van der Waals surface area contributed by atoms with Crippen LogP contribution in [0.4, 0.5) is 4.39 Å². The molecule has 1 N–H and O–H groups in total. The van der Waals surface area contributed by atoms with E-state index in [9.17, 15) is 9.18 Å². The number of amides is 1. The lowest BCUT2D eigenvalue weighted by atomic mass is 10.3. The second-order valence-electron chi connectivity index (χ2n) is 4.60. The number of carbonyl (C=O) groups excluding carboxylic acids is 1. The van der Waals surface area contributed by atoms with Crippen molar-refractivity contribution in [2.24, 2.45) is 0 Å². The molecule has 0 aliphatic rings. The topological polar surface area (TPSA) is 59.8 Å². The molecule has 1 aromatic carbocycles. The number of aromatic nitrogens is 3. The van der Waals surface area contributed by atoms with Gasteiger partial charge in [0.15, 0.2) is 5.16 Å². The van der Waals surface area contributed by atoms with Crippen LogP contribution in [0.25, 0.3) is 5.69 Å². The lowest BCUT2D eigenvalue weighted by Crippen LogP contribution is -2.33. The minimum Gasteiger partial charge on any atom is -0.353 e. The molecule has 0 aliphatic heterocycles. The fourth-order valence-electron chi connectivity index (χ4n) is 1.68. The molecule has 0 bridgehead atoms. The van der Waals surface area contributed by atoms with Crippen LogP contribution in [0.5, 0.6) is 0 Å². The Morgan fingerprint density at radius 3 is 2.95 bits per heavy atom. The first-order valence-corrected chi connectivity index (χ1v) is 7.67. The van der Waals surface area contributed by atoms with Gasteiger partial charge in [-0.05, 0) is 25.5 Å². The van der Waals surface area contributed by atoms with Crippen LogP contribution in [0.2, 0.25) is 0 Å². The van der Waals surface area contributed by atoms with E-state index in [4.69, 9.17) is 0 Å². The number of carbonyl (C=O) groups is 1. The highest BCUT2D eigenvalue weighted by molar-refractivity contribution is 7.99. The van der Waals surface area contributed by atoms with E-state index in [1.165, 1.54) is 28.7 Å². The van der Waals surface area contributed by atoms with Crippen molar-refractivity contribution < 1.29 is 9.18 Å². The number of hydrogen-bond donors (Lipinski definition) is 1. The predicted octanol–water partition coefficient (Wildman–Crippen LogP) is 2.41. The number of hydrogen-bond acceptors (Lipinski definition) is 4. The largest absolute Gasteiger partial charge is 0.353 e. The van der Waals surface area contributed by atoms with Crippen molar-refractivity contribution in [3.63, 3.8) is 0 Å². The van der Waals surface area contributed by atoms with Crippen molar-refractivity contribution in [1.82, 2.24) is 20.1 Å². The van der Waals surface area contributed by atoms with Gasteiger partial charge in [-0.3, -0.25) is 9.36 Å². The van der Waals surface area contributed by atoms with Gasteiger partial charge in [0, 0.05) is 6.04 Å². The third-order valence-corrected chi connectivity index (χ3v) is 3.92. The van der Waals surface area contributed by atoms with Crippen LogP contribution in [-0.4, -0.2) is 32.5 Å². The number of halogens is 1. The zero-order valence-corrected chi connectivity index (χ0v) is 12.7. The van der Waals surface area contributed by atoms with E-state index >= 15 is 0 Å². The number of nitrogens with one attached hydrogen (secondary N) is 1. The summed E-state index contributed by atoms with van der Waals surface area (Å²) in [5.74, 6) is -0.210. The molecule has 0 radical (unpaired) electrons. The molecular weight excluding hydrogens is 291 g/mol. The molecule has 0 unspecified atom stereocenters. The maximum Gasteiger partial charge on any atom is 0.230 e. The molecule has 1 atom stereocenters. The van der Waals surface area contributed by atoms with Crippen molar-refractivity contribution in [3.8, 4) is 5.69 Å². The van der Waals surface area contributed by atoms with Crippen LogP contribution >= 0.6 is 11.8 Å². The monoisotopic (exact) mass is 308 g/mol. The maximum atomic E-state index is 13.8. The van der Waals surface area contributed by atoms with Crippen molar-refractivity contribution in [1.29, 1.82) is 0 Å². The van der Waals surface area contributed by atoms with Crippen molar-refractivity contribution in [2.75, 3.05) is 5.75 Å². The van der Waals surface area contributed by atoms with Gasteiger partial charge >= 0.3 is 0 Å². The first-order valence-electron chi connectivity index (χ1n) is 6.69. The van der Waals surface area contributed by atoms with Crippen LogP contribution in [0, 0.1) is 5.82 Å². The first-order chi connectivity index (χ1) is 10.1. The van der Waals surface area contributed by atoms with Gasteiger partial charge in [0.05, 0.1) is 11.4 Å². The summed E-state index contributed by atoms with van der Waals surface area (Å²) in [4.78, 5) is 11.8. The number of benzene rings is 1. The number of nitrogens with zero attached hydrogens (tertiary/aromatic N) is 3. The molecule has 112 valence electrons. The molecule has 0 fully saturated rings. The molecule has 0 spiro atoms. The van der Waals surface area contributed by atoms with Crippen LogP contribution in [0.3, 0.4) is 0 Å². The Labute approximate surface area is 127 Å². The minimum absolute atomic E-state index is 0.0718. The SMILES string of the molecule is CC[C@@H](C)NC(=O)CSc1nncn1-c1ccccc1F. The summed E-state index contributed by atoms with van der Waals surface area (Å²) in [6.45, 7) is 3.96. The van der Waals surface area contributed by atoms with Crippen LogP contribution in [-0.2, 0) is 4.79 Å². The van der Waals surface area contributed by atoms with E-state index in [1.54, 1.807) is 18.2 Å². The van der Waals surface area contributed by atoms with Crippen molar-refractivity contribution >= 4 is 17.7 Å². The standard InChI is InChI=1S/C14H17FN4OS/c1-3-10(2)17-13(20)8-21-14-18-16-9-19(14)12-7-5-4-6-11(12)15/h4-7,9-10H,3,8H2,1-2H3,(H,17,20)/t10-/m1/s1. The molecule has 1 aromatic heterocycles. The molecule has 7 heteroatoms. The second-order valence-corrected chi connectivity index (χ2v) is 5.54. The third-order valence-electron chi connectivity index (χ3n) is 2.98. The first kappa shape index (κ1) is 15.5. The Balaban J connectivity index is 2.05. The zero-order chi connectivity index (χ0) is 15.2. The molecule has 5 nitrogen and oxygen atoms in total. The quantitative estimate of drug-likeness (QED) is 0.833. The lowest BCUT2D eigenvalue weighted by Gasteiger charge is -2.11. The summed E-state index contributed by atoms with van der Waals surface area (Å²) in [7, 11) is 0. The summed E-state index contributed by atoms with van der Waals surface area (Å²) in [5.41, 5.74) is 0.368. The summed E-state index contributed by atoms with van der Waals surface area (Å²) >= 11 is 1.23. The molecule has 0 saturated heterocycles. The van der Waals surface area contributed by atoms with E-state index in [0.29, 0.717) is 10.8 Å². The summed E-state index contributed by atoms with van der Waals surface area (Å²) < 4.78 is 15.3. The minimum atomic E-state index is -0.358. The molecular formula is C14H17FN4OS. The Morgan fingerprint density at radius 2 is 2.24 bits per heavy atom. The number of rotatable bonds is 6. The molecule has 1 heterocycles. The lowest BCUT2D eigenvalue weighted by molar-refractivity contribution is -0.119. The highest BCUT2D eigenvalue weighted by atomic mass is 32.2. The number of para-hydroxylation sites is 1. The maximum absolute atomic E-state index is 13.8. The smallest absolute Gasteiger partial charge is 0.230 e. The average Bonchev–Trinajstić information content (AvgIpc) is 2.93. The van der Waals surface area contributed by atoms with Crippen LogP contribution in [0.15, 0.2) is 35.7 Å². The molecule has 21 heavy (non-hydrogen) atoms. The molecule has 2 aromatic rings. The number of thioether (sulfide) groups is 1. The van der Waals surface area contributed by atoms with E-state index in [0.717, 1.165) is 6.42 Å². The Kier molecular flexibility index (Phi) is 5.32.